The van der Waals surface area contributed by atoms with Crippen LogP contribution in [0, 0.1) is 0 Å². The van der Waals surface area contributed by atoms with Gasteiger partial charge in [0.1, 0.15) is 12.3 Å². The van der Waals surface area contributed by atoms with Crippen molar-refractivity contribution in [3.8, 4) is 5.75 Å². The molecule has 5 nitrogen and oxygen atoms in total. The van der Waals surface area contributed by atoms with Gasteiger partial charge in [-0.15, -0.1) is 0 Å². The second-order valence-electron chi connectivity index (χ2n) is 4.98. The summed E-state index contributed by atoms with van der Waals surface area (Å²) in [6.45, 7) is 0.422. The average molecular weight is 261 g/mol. The quantitative estimate of drug-likeness (QED) is 0.887. The van der Waals surface area contributed by atoms with E-state index in [4.69, 9.17) is 9.84 Å². The minimum Gasteiger partial charge on any atom is -0.493 e. The maximum absolute atomic E-state index is 12.4. The normalized spacial score (nSPS) is 16.6. The molecular weight excluding hydrogens is 246 g/mol. The van der Waals surface area contributed by atoms with Crippen LogP contribution in [0.3, 0.4) is 0 Å². The Balaban J connectivity index is 1.83. The predicted molar refractivity (Wildman–Crippen MR) is 67.3 cm³/mol. The van der Waals surface area contributed by atoms with Gasteiger partial charge in [0, 0.05) is 18.0 Å². The fraction of sp³-hybridized carbons (Fsp3) is 0.429. The molecule has 1 fully saturated rings. The van der Waals surface area contributed by atoms with Crippen LogP contribution in [-0.4, -0.2) is 41.1 Å². The summed E-state index contributed by atoms with van der Waals surface area (Å²) in [7, 11) is 0. The van der Waals surface area contributed by atoms with Crippen LogP contribution in [0.4, 0.5) is 0 Å². The maximum Gasteiger partial charge on any atom is 0.323 e. The molecule has 1 N–H and O–H groups in total. The number of carboxylic acid groups (broad SMARTS) is 1. The van der Waals surface area contributed by atoms with E-state index >= 15 is 0 Å². The number of nitrogens with zero attached hydrogens (tertiary/aromatic N) is 1. The molecule has 0 saturated heterocycles. The smallest absolute Gasteiger partial charge is 0.323 e. The van der Waals surface area contributed by atoms with E-state index in [0.717, 1.165) is 30.6 Å². The van der Waals surface area contributed by atoms with E-state index in [2.05, 4.69) is 0 Å². The first-order chi connectivity index (χ1) is 9.15. The first kappa shape index (κ1) is 12.0. The number of carboxylic acids is 1. The molecule has 1 saturated carbocycles. The van der Waals surface area contributed by atoms with Gasteiger partial charge in [-0.25, -0.2) is 0 Å². The third kappa shape index (κ3) is 2.41. The number of carbonyl (C=O) groups is 2. The molecule has 1 heterocycles. The van der Waals surface area contributed by atoms with Crippen molar-refractivity contribution < 1.29 is 19.4 Å². The minimum atomic E-state index is -0.968. The topological polar surface area (TPSA) is 66.8 Å². The highest BCUT2D eigenvalue weighted by Crippen LogP contribution is 2.30. The highest BCUT2D eigenvalue weighted by molar-refractivity contribution is 5.96. The van der Waals surface area contributed by atoms with Crippen molar-refractivity contribution >= 4 is 11.9 Å². The summed E-state index contributed by atoms with van der Waals surface area (Å²) in [6, 6.07) is 5.42. The van der Waals surface area contributed by atoms with Gasteiger partial charge in [0.2, 0.25) is 0 Å². The van der Waals surface area contributed by atoms with Gasteiger partial charge < -0.3 is 14.7 Å². The fourth-order valence-corrected chi connectivity index (χ4v) is 2.38. The van der Waals surface area contributed by atoms with Crippen molar-refractivity contribution in [3.63, 3.8) is 0 Å². The lowest BCUT2D eigenvalue weighted by Crippen LogP contribution is -2.37. The van der Waals surface area contributed by atoms with E-state index in [-0.39, 0.29) is 18.5 Å². The van der Waals surface area contributed by atoms with Gasteiger partial charge >= 0.3 is 5.97 Å². The molecule has 3 rings (SSSR count). The molecule has 5 heteroatoms. The number of hydrogen-bond acceptors (Lipinski definition) is 3. The van der Waals surface area contributed by atoms with E-state index in [1.165, 1.54) is 4.90 Å². The molecule has 1 amide bonds. The Morgan fingerprint density at radius 1 is 1.37 bits per heavy atom. The predicted octanol–water partition coefficient (Wildman–Crippen LogP) is 1.31. The number of benzene rings is 1. The van der Waals surface area contributed by atoms with Crippen LogP contribution in [0.25, 0.3) is 0 Å². The van der Waals surface area contributed by atoms with E-state index in [1.54, 1.807) is 12.1 Å². The molecule has 0 radical (unpaired) electrons. The molecule has 1 aliphatic heterocycles. The molecule has 0 atom stereocenters. The molecule has 0 aromatic heterocycles. The minimum absolute atomic E-state index is 0.0908. The lowest BCUT2D eigenvalue weighted by molar-refractivity contribution is -0.137. The van der Waals surface area contributed by atoms with Crippen molar-refractivity contribution in [1.82, 2.24) is 4.90 Å². The summed E-state index contributed by atoms with van der Waals surface area (Å²) in [5.74, 6) is -0.336. The summed E-state index contributed by atoms with van der Waals surface area (Å²) in [5, 5.41) is 8.90. The van der Waals surface area contributed by atoms with E-state index in [1.807, 2.05) is 6.07 Å². The third-order valence-electron chi connectivity index (χ3n) is 3.49. The van der Waals surface area contributed by atoms with Gasteiger partial charge in [0.15, 0.2) is 0 Å². The van der Waals surface area contributed by atoms with E-state index < -0.39 is 5.97 Å². The zero-order valence-electron chi connectivity index (χ0n) is 10.5. The van der Waals surface area contributed by atoms with Crippen LogP contribution in [0.15, 0.2) is 18.2 Å². The SMILES string of the molecule is O=C(O)CN(C(=O)c1ccc2c(c1)CCO2)C1CC1. The first-order valence-corrected chi connectivity index (χ1v) is 6.43. The molecule has 2 aliphatic rings. The lowest BCUT2D eigenvalue weighted by Gasteiger charge is -2.20. The van der Waals surface area contributed by atoms with Crippen molar-refractivity contribution in [2.24, 2.45) is 0 Å². The monoisotopic (exact) mass is 261 g/mol. The van der Waals surface area contributed by atoms with Crippen molar-refractivity contribution in [2.45, 2.75) is 25.3 Å². The summed E-state index contributed by atoms with van der Waals surface area (Å²) >= 11 is 0. The Hall–Kier alpha value is -2.04. The summed E-state index contributed by atoms with van der Waals surface area (Å²) < 4.78 is 5.40. The Labute approximate surface area is 110 Å². The number of rotatable bonds is 4. The van der Waals surface area contributed by atoms with Gasteiger partial charge in [-0.1, -0.05) is 0 Å². The molecule has 1 aromatic carbocycles. The summed E-state index contributed by atoms with van der Waals surface area (Å²) in [6.07, 6.45) is 2.60. The number of aliphatic carboxylic acids is 1. The molecule has 100 valence electrons. The van der Waals surface area contributed by atoms with Crippen molar-refractivity contribution in [1.29, 1.82) is 0 Å². The molecule has 0 bridgehead atoms. The first-order valence-electron chi connectivity index (χ1n) is 6.43. The van der Waals surface area contributed by atoms with Gasteiger partial charge in [0.05, 0.1) is 6.61 Å². The van der Waals surface area contributed by atoms with Crippen LogP contribution in [0.1, 0.15) is 28.8 Å². The highest BCUT2D eigenvalue weighted by atomic mass is 16.5. The second-order valence-corrected chi connectivity index (χ2v) is 4.98. The Kier molecular flexibility index (Phi) is 2.89. The van der Waals surface area contributed by atoms with E-state index in [0.29, 0.717) is 12.2 Å². The summed E-state index contributed by atoms with van der Waals surface area (Å²) in [4.78, 5) is 24.7. The third-order valence-corrected chi connectivity index (χ3v) is 3.49. The molecular formula is C14H15NO4. The average Bonchev–Trinajstić information content (AvgIpc) is 3.12. The molecule has 1 aliphatic carbocycles. The highest BCUT2D eigenvalue weighted by Gasteiger charge is 2.34. The lowest BCUT2D eigenvalue weighted by atomic mass is 10.1. The molecule has 19 heavy (non-hydrogen) atoms. The largest absolute Gasteiger partial charge is 0.493 e. The summed E-state index contributed by atoms with van der Waals surface area (Å²) in [5.41, 5.74) is 1.58. The Morgan fingerprint density at radius 3 is 2.84 bits per heavy atom. The number of amides is 1. The zero-order chi connectivity index (χ0) is 13.4. The standard InChI is InChI=1S/C14H15NO4/c16-13(17)8-15(11-2-3-11)14(18)10-1-4-12-9(7-10)5-6-19-12/h1,4,7,11H,2-3,5-6,8H2,(H,16,17). The van der Waals surface area contributed by atoms with Crippen LogP contribution in [0.5, 0.6) is 5.75 Å². The maximum atomic E-state index is 12.4. The van der Waals surface area contributed by atoms with Gasteiger partial charge in [-0.2, -0.15) is 0 Å². The van der Waals surface area contributed by atoms with Gasteiger partial charge in [0.25, 0.3) is 5.91 Å². The zero-order valence-corrected chi connectivity index (χ0v) is 10.5. The Morgan fingerprint density at radius 2 is 2.16 bits per heavy atom. The van der Waals surface area contributed by atoms with Crippen LogP contribution >= 0.6 is 0 Å². The molecule has 1 aromatic rings. The second kappa shape index (κ2) is 4.57. The van der Waals surface area contributed by atoms with Crippen LogP contribution < -0.4 is 4.74 Å². The number of ether oxygens (including phenoxy) is 1. The fourth-order valence-electron chi connectivity index (χ4n) is 2.38. The van der Waals surface area contributed by atoms with Crippen molar-refractivity contribution in [3.05, 3.63) is 29.3 Å². The van der Waals surface area contributed by atoms with Crippen molar-refractivity contribution in [2.75, 3.05) is 13.2 Å². The number of fused-ring (bicyclic) bond motifs is 1. The number of hydrogen-bond donors (Lipinski definition) is 1. The molecule has 0 spiro atoms. The Bertz CT molecular complexity index is 536. The van der Waals surface area contributed by atoms with Gasteiger partial charge in [-0.05, 0) is 36.6 Å². The van der Waals surface area contributed by atoms with Crippen LogP contribution in [-0.2, 0) is 11.2 Å². The number of carbonyl (C=O) groups excluding carboxylic acids is 1. The van der Waals surface area contributed by atoms with Gasteiger partial charge in [-0.3, -0.25) is 9.59 Å². The molecule has 0 unspecified atom stereocenters. The van der Waals surface area contributed by atoms with Crippen LogP contribution in [0.2, 0.25) is 0 Å². The van der Waals surface area contributed by atoms with E-state index in [9.17, 15) is 9.59 Å².